The lowest BCUT2D eigenvalue weighted by Gasteiger charge is -2.29. The number of aryl methyl sites for hydroxylation is 1. The van der Waals surface area contributed by atoms with Gasteiger partial charge in [-0.05, 0) is 89.9 Å². The summed E-state index contributed by atoms with van der Waals surface area (Å²) in [5, 5.41) is 4.08. The van der Waals surface area contributed by atoms with Crippen molar-refractivity contribution in [1.82, 2.24) is 5.32 Å². The topological polar surface area (TPSA) is 56.8 Å². The van der Waals surface area contributed by atoms with Crippen LogP contribution in [0.25, 0.3) is 0 Å². The molecule has 0 aliphatic rings. The van der Waals surface area contributed by atoms with Gasteiger partial charge in [0.05, 0.1) is 0 Å². The number of rotatable bonds is 11. The Labute approximate surface area is 191 Å². The summed E-state index contributed by atoms with van der Waals surface area (Å²) in [4.78, 5) is 12.5. The third kappa shape index (κ3) is 9.19. The number of benzene rings is 2. The second kappa shape index (κ2) is 11.4. The molecule has 0 unspecified atom stereocenters. The maximum Gasteiger partial charge on any atom is 0.350 e. The van der Waals surface area contributed by atoms with E-state index in [2.05, 4.69) is 5.32 Å². The highest BCUT2D eigenvalue weighted by atomic mass is 35.5. The molecule has 0 aliphatic heterocycles. The first-order valence-electron chi connectivity index (χ1n) is 10.7. The van der Waals surface area contributed by atoms with Crippen LogP contribution < -0.4 is 14.8 Å². The van der Waals surface area contributed by atoms with Crippen molar-refractivity contribution in [2.45, 2.75) is 58.7 Å². The molecule has 1 N–H and O–H groups in total. The first-order valence-corrected chi connectivity index (χ1v) is 11.0. The Bertz CT molecular complexity index is 828. The molecule has 0 aromatic heterocycles. The standard InChI is InChI=1S/C25H34ClNO4/c1-24(2,3)31-23(28)25(4,5)30-22-11-7-6-9-19(22)10-8-16-27-17-18-29-21-14-12-20(26)13-15-21/h6-7,9,11-15,27H,8,10,16-18H2,1-5H3. The smallest absolute Gasteiger partial charge is 0.350 e. The van der Waals surface area contributed by atoms with E-state index in [4.69, 9.17) is 25.8 Å². The average Bonchev–Trinajstić information content (AvgIpc) is 2.68. The van der Waals surface area contributed by atoms with Crippen molar-refractivity contribution in [3.8, 4) is 11.5 Å². The zero-order valence-corrected chi connectivity index (χ0v) is 19.9. The molecule has 2 aromatic carbocycles. The van der Waals surface area contributed by atoms with Crippen molar-refractivity contribution in [1.29, 1.82) is 0 Å². The Hall–Kier alpha value is -2.24. The van der Waals surface area contributed by atoms with Crippen LogP contribution in [0.1, 0.15) is 46.6 Å². The maximum absolute atomic E-state index is 12.5. The summed E-state index contributed by atoms with van der Waals surface area (Å²) in [6, 6.07) is 15.2. The summed E-state index contributed by atoms with van der Waals surface area (Å²) in [7, 11) is 0. The summed E-state index contributed by atoms with van der Waals surface area (Å²) < 4.78 is 17.2. The van der Waals surface area contributed by atoms with Crippen LogP contribution in [0, 0.1) is 0 Å². The van der Waals surface area contributed by atoms with E-state index in [0.29, 0.717) is 17.4 Å². The molecule has 0 saturated heterocycles. The van der Waals surface area contributed by atoms with Crippen LogP contribution in [0.15, 0.2) is 48.5 Å². The van der Waals surface area contributed by atoms with Crippen molar-refractivity contribution in [2.24, 2.45) is 0 Å². The zero-order chi connectivity index (χ0) is 22.9. The van der Waals surface area contributed by atoms with Gasteiger partial charge in [-0.1, -0.05) is 29.8 Å². The number of esters is 1. The van der Waals surface area contributed by atoms with Crippen molar-refractivity contribution >= 4 is 17.6 Å². The maximum atomic E-state index is 12.5. The minimum Gasteiger partial charge on any atom is -0.492 e. The lowest BCUT2D eigenvalue weighted by Crippen LogP contribution is -2.43. The first-order chi connectivity index (χ1) is 14.6. The van der Waals surface area contributed by atoms with Gasteiger partial charge in [0.2, 0.25) is 0 Å². The summed E-state index contributed by atoms with van der Waals surface area (Å²) in [6.45, 7) is 11.2. The van der Waals surface area contributed by atoms with Gasteiger partial charge >= 0.3 is 5.97 Å². The number of halogens is 1. The van der Waals surface area contributed by atoms with Crippen LogP contribution in [0.5, 0.6) is 11.5 Å². The number of hydrogen-bond donors (Lipinski definition) is 1. The zero-order valence-electron chi connectivity index (χ0n) is 19.2. The molecular formula is C25H34ClNO4. The van der Waals surface area contributed by atoms with Crippen molar-refractivity contribution < 1.29 is 19.0 Å². The fourth-order valence-corrected chi connectivity index (χ4v) is 2.95. The van der Waals surface area contributed by atoms with Gasteiger partial charge in [-0.2, -0.15) is 0 Å². The minimum absolute atomic E-state index is 0.378. The molecule has 2 rings (SSSR count). The fraction of sp³-hybridized carbons (Fsp3) is 0.480. The molecule has 6 heteroatoms. The number of hydrogen-bond acceptors (Lipinski definition) is 5. The quantitative estimate of drug-likeness (QED) is 0.367. The molecule has 0 aliphatic carbocycles. The van der Waals surface area contributed by atoms with Crippen LogP contribution in [0.3, 0.4) is 0 Å². The predicted octanol–water partition coefficient (Wildman–Crippen LogP) is 5.44. The average molecular weight is 448 g/mol. The molecular weight excluding hydrogens is 414 g/mol. The van der Waals surface area contributed by atoms with Crippen LogP contribution >= 0.6 is 11.6 Å². The first kappa shape index (κ1) is 25.0. The van der Waals surface area contributed by atoms with E-state index < -0.39 is 11.2 Å². The summed E-state index contributed by atoms with van der Waals surface area (Å²) in [6.07, 6.45) is 1.78. The Kier molecular flexibility index (Phi) is 9.20. The van der Waals surface area contributed by atoms with Gasteiger partial charge in [0.25, 0.3) is 0 Å². The molecule has 0 bridgehead atoms. The fourth-order valence-electron chi connectivity index (χ4n) is 2.83. The van der Waals surface area contributed by atoms with E-state index in [0.717, 1.165) is 37.2 Å². The van der Waals surface area contributed by atoms with Gasteiger partial charge in [-0.25, -0.2) is 4.79 Å². The van der Waals surface area contributed by atoms with Gasteiger partial charge < -0.3 is 19.5 Å². The number of ether oxygens (including phenoxy) is 3. The molecule has 2 aromatic rings. The van der Waals surface area contributed by atoms with E-state index >= 15 is 0 Å². The normalized spacial score (nSPS) is 11.8. The molecule has 170 valence electrons. The molecule has 0 radical (unpaired) electrons. The summed E-state index contributed by atoms with van der Waals surface area (Å²) in [5.41, 5.74) is -0.556. The van der Waals surface area contributed by atoms with Crippen LogP contribution in [0.4, 0.5) is 0 Å². The van der Waals surface area contributed by atoms with Gasteiger partial charge in [0.1, 0.15) is 23.7 Å². The minimum atomic E-state index is -1.07. The SMILES string of the molecule is CC(C)(C)OC(=O)C(C)(C)Oc1ccccc1CCCNCCOc1ccc(Cl)cc1. The van der Waals surface area contributed by atoms with Crippen molar-refractivity contribution in [2.75, 3.05) is 19.7 Å². The Morgan fingerprint density at radius 3 is 2.32 bits per heavy atom. The highest BCUT2D eigenvalue weighted by molar-refractivity contribution is 6.30. The largest absolute Gasteiger partial charge is 0.492 e. The monoisotopic (exact) mass is 447 g/mol. The molecule has 0 spiro atoms. The molecule has 0 amide bonds. The van der Waals surface area contributed by atoms with Gasteiger partial charge in [-0.3, -0.25) is 0 Å². The van der Waals surface area contributed by atoms with Crippen LogP contribution in [-0.4, -0.2) is 36.9 Å². The Balaban J connectivity index is 1.76. The second-order valence-corrected chi connectivity index (χ2v) is 9.31. The highest BCUT2D eigenvalue weighted by Crippen LogP contribution is 2.26. The van der Waals surface area contributed by atoms with E-state index in [9.17, 15) is 4.79 Å². The van der Waals surface area contributed by atoms with E-state index in [-0.39, 0.29) is 5.97 Å². The van der Waals surface area contributed by atoms with Crippen LogP contribution in [0.2, 0.25) is 5.02 Å². The molecule has 0 fully saturated rings. The number of carbonyl (C=O) groups is 1. The third-order valence-corrected chi connectivity index (χ3v) is 4.64. The molecule has 5 nitrogen and oxygen atoms in total. The van der Waals surface area contributed by atoms with E-state index in [1.807, 2.05) is 69.3 Å². The number of para-hydroxylation sites is 1. The lowest BCUT2D eigenvalue weighted by atomic mass is 10.1. The van der Waals surface area contributed by atoms with Gasteiger partial charge in [0, 0.05) is 11.6 Å². The number of nitrogens with one attached hydrogen (secondary N) is 1. The molecule has 0 saturated carbocycles. The van der Waals surface area contributed by atoms with Gasteiger partial charge in [0.15, 0.2) is 5.60 Å². The lowest BCUT2D eigenvalue weighted by molar-refractivity contribution is -0.171. The Morgan fingerprint density at radius 1 is 0.968 bits per heavy atom. The number of carbonyl (C=O) groups excluding carboxylic acids is 1. The van der Waals surface area contributed by atoms with Gasteiger partial charge in [-0.15, -0.1) is 0 Å². The molecule has 31 heavy (non-hydrogen) atoms. The van der Waals surface area contributed by atoms with Crippen molar-refractivity contribution in [3.63, 3.8) is 0 Å². The third-order valence-electron chi connectivity index (χ3n) is 4.39. The predicted molar refractivity (Wildman–Crippen MR) is 125 cm³/mol. The van der Waals surface area contributed by atoms with Crippen molar-refractivity contribution in [3.05, 3.63) is 59.1 Å². The van der Waals surface area contributed by atoms with E-state index in [1.165, 1.54) is 0 Å². The highest BCUT2D eigenvalue weighted by Gasteiger charge is 2.35. The summed E-state index contributed by atoms with van der Waals surface area (Å²) >= 11 is 5.87. The molecule has 0 heterocycles. The molecule has 0 atom stereocenters. The second-order valence-electron chi connectivity index (χ2n) is 8.88. The summed E-state index contributed by atoms with van der Waals surface area (Å²) in [5.74, 6) is 1.14. The van der Waals surface area contributed by atoms with Crippen LogP contribution in [-0.2, 0) is 16.0 Å². The van der Waals surface area contributed by atoms with E-state index in [1.54, 1.807) is 13.8 Å². The Morgan fingerprint density at radius 2 is 1.65 bits per heavy atom.